The third-order valence-corrected chi connectivity index (χ3v) is 5.98. The first kappa shape index (κ1) is 13.9. The van der Waals surface area contributed by atoms with Gasteiger partial charge in [0.25, 0.3) is 5.91 Å². The van der Waals surface area contributed by atoms with Crippen LogP contribution in [0.15, 0.2) is 12.3 Å². The van der Waals surface area contributed by atoms with Gasteiger partial charge in [0, 0.05) is 23.5 Å². The van der Waals surface area contributed by atoms with Gasteiger partial charge in [-0.2, -0.15) is 11.8 Å². The van der Waals surface area contributed by atoms with Gasteiger partial charge in [-0.1, -0.05) is 12.8 Å². The van der Waals surface area contributed by atoms with Crippen LogP contribution in [0.4, 0.5) is 5.69 Å². The minimum Gasteiger partial charge on any atom is -0.397 e. The predicted molar refractivity (Wildman–Crippen MR) is 84.2 cm³/mol. The molecule has 1 aromatic heterocycles. The Bertz CT molecular complexity index is 501. The smallest absolute Gasteiger partial charge is 0.268 e. The van der Waals surface area contributed by atoms with Crippen LogP contribution in [0.3, 0.4) is 0 Å². The average Bonchev–Trinajstić information content (AvgIpc) is 3.06. The summed E-state index contributed by atoms with van der Waals surface area (Å²) in [5.41, 5.74) is 7.25. The lowest BCUT2D eigenvalue weighted by Gasteiger charge is -2.27. The standard InChI is InChI=1S/C15H23N3OS/c1-20-15(6-2-3-7-15)10-17-14(19)13-8-11(16)9-18(13)12-4-5-12/h8-9,12H,2-7,10,16H2,1H3,(H,17,19). The molecular formula is C15H23N3OS. The molecule has 2 aliphatic rings. The first-order valence-electron chi connectivity index (χ1n) is 7.44. The number of carbonyl (C=O) groups is 1. The van der Waals surface area contributed by atoms with E-state index >= 15 is 0 Å². The minimum atomic E-state index is 0.0222. The minimum absolute atomic E-state index is 0.0222. The first-order valence-corrected chi connectivity index (χ1v) is 8.67. The highest BCUT2D eigenvalue weighted by atomic mass is 32.2. The summed E-state index contributed by atoms with van der Waals surface area (Å²) < 4.78 is 2.29. The summed E-state index contributed by atoms with van der Waals surface area (Å²) in [6, 6.07) is 2.28. The summed E-state index contributed by atoms with van der Waals surface area (Å²) in [4.78, 5) is 12.4. The number of nitrogens with zero attached hydrogens (tertiary/aromatic N) is 1. The van der Waals surface area contributed by atoms with Gasteiger partial charge in [-0.15, -0.1) is 0 Å². The van der Waals surface area contributed by atoms with Crippen molar-refractivity contribution in [2.24, 2.45) is 0 Å². The summed E-state index contributed by atoms with van der Waals surface area (Å²) in [6.07, 6.45) is 11.3. The lowest BCUT2D eigenvalue weighted by atomic mass is 10.1. The number of hydrogen-bond donors (Lipinski definition) is 2. The highest BCUT2D eigenvalue weighted by Crippen LogP contribution is 2.40. The molecule has 2 fully saturated rings. The maximum atomic E-state index is 12.4. The number of nitrogen functional groups attached to an aromatic ring is 1. The van der Waals surface area contributed by atoms with Crippen molar-refractivity contribution in [3.8, 4) is 0 Å². The van der Waals surface area contributed by atoms with E-state index in [-0.39, 0.29) is 10.7 Å². The Morgan fingerprint density at radius 2 is 2.20 bits per heavy atom. The molecule has 3 rings (SSSR count). The summed E-state index contributed by atoms with van der Waals surface area (Å²) in [6.45, 7) is 0.767. The molecule has 0 aliphatic heterocycles. The molecule has 0 spiro atoms. The highest BCUT2D eigenvalue weighted by Gasteiger charge is 2.34. The van der Waals surface area contributed by atoms with Crippen molar-refractivity contribution in [3.63, 3.8) is 0 Å². The molecule has 0 aromatic carbocycles. The number of anilines is 1. The molecule has 3 N–H and O–H groups in total. The molecule has 0 unspecified atom stereocenters. The molecule has 2 saturated carbocycles. The van der Waals surface area contributed by atoms with Gasteiger partial charge in [-0.05, 0) is 38.0 Å². The van der Waals surface area contributed by atoms with Gasteiger partial charge in [0.2, 0.25) is 0 Å². The van der Waals surface area contributed by atoms with Crippen molar-refractivity contribution < 1.29 is 4.79 Å². The van der Waals surface area contributed by atoms with Crippen molar-refractivity contribution in [2.45, 2.75) is 49.3 Å². The van der Waals surface area contributed by atoms with Crippen LogP contribution in [0.5, 0.6) is 0 Å². The molecule has 1 heterocycles. The Balaban J connectivity index is 1.67. The Labute approximate surface area is 124 Å². The van der Waals surface area contributed by atoms with Crippen molar-refractivity contribution >= 4 is 23.4 Å². The van der Waals surface area contributed by atoms with E-state index in [1.807, 2.05) is 22.5 Å². The topological polar surface area (TPSA) is 60.1 Å². The number of aromatic nitrogens is 1. The van der Waals surface area contributed by atoms with Crippen LogP contribution in [-0.4, -0.2) is 28.0 Å². The SMILES string of the molecule is CSC1(CNC(=O)c2cc(N)cn2C2CC2)CCCC1. The van der Waals surface area contributed by atoms with Gasteiger partial charge in [0.15, 0.2) is 0 Å². The molecule has 0 atom stereocenters. The van der Waals surface area contributed by atoms with Crippen LogP contribution in [0.1, 0.15) is 55.1 Å². The van der Waals surface area contributed by atoms with E-state index in [2.05, 4.69) is 11.6 Å². The molecule has 0 saturated heterocycles. The number of nitrogens with one attached hydrogen (secondary N) is 1. The van der Waals surface area contributed by atoms with Crippen molar-refractivity contribution in [1.82, 2.24) is 9.88 Å². The van der Waals surface area contributed by atoms with Crippen LogP contribution >= 0.6 is 11.8 Å². The second kappa shape index (κ2) is 5.35. The van der Waals surface area contributed by atoms with E-state index in [0.717, 1.165) is 25.1 Å². The van der Waals surface area contributed by atoms with Crippen LogP contribution in [-0.2, 0) is 0 Å². The molecule has 20 heavy (non-hydrogen) atoms. The molecule has 0 bridgehead atoms. The molecule has 1 amide bonds. The second-order valence-electron chi connectivity index (χ2n) is 6.07. The Morgan fingerprint density at radius 1 is 1.50 bits per heavy atom. The number of thioether (sulfide) groups is 1. The van der Waals surface area contributed by atoms with E-state index in [1.54, 1.807) is 6.07 Å². The van der Waals surface area contributed by atoms with Gasteiger partial charge in [-0.25, -0.2) is 0 Å². The third kappa shape index (κ3) is 2.68. The Hall–Kier alpha value is -1.10. The van der Waals surface area contributed by atoms with Gasteiger partial charge in [0.1, 0.15) is 5.69 Å². The molecular weight excluding hydrogens is 270 g/mol. The summed E-state index contributed by atoms with van der Waals surface area (Å²) in [5.74, 6) is 0.0222. The monoisotopic (exact) mass is 293 g/mol. The second-order valence-corrected chi connectivity index (χ2v) is 7.35. The fourth-order valence-corrected chi connectivity index (χ4v) is 4.06. The zero-order valence-corrected chi connectivity index (χ0v) is 12.8. The van der Waals surface area contributed by atoms with Gasteiger partial charge < -0.3 is 15.6 Å². The summed E-state index contributed by atoms with van der Waals surface area (Å²) in [7, 11) is 0. The Kier molecular flexibility index (Phi) is 3.71. The lowest BCUT2D eigenvalue weighted by Crippen LogP contribution is -2.39. The van der Waals surface area contributed by atoms with Crippen LogP contribution < -0.4 is 11.1 Å². The van der Waals surface area contributed by atoms with Gasteiger partial charge in [-0.3, -0.25) is 4.79 Å². The molecule has 0 radical (unpaired) electrons. The molecule has 1 aromatic rings. The third-order valence-electron chi connectivity index (χ3n) is 4.56. The zero-order chi connectivity index (χ0) is 14.2. The maximum absolute atomic E-state index is 12.4. The molecule has 4 nitrogen and oxygen atoms in total. The Morgan fingerprint density at radius 3 is 2.80 bits per heavy atom. The van der Waals surface area contributed by atoms with Crippen LogP contribution in [0.25, 0.3) is 0 Å². The lowest BCUT2D eigenvalue weighted by molar-refractivity contribution is 0.0940. The quantitative estimate of drug-likeness (QED) is 0.877. The van der Waals surface area contributed by atoms with Crippen molar-refractivity contribution in [2.75, 3.05) is 18.5 Å². The highest BCUT2D eigenvalue weighted by molar-refractivity contribution is 8.00. The van der Waals surface area contributed by atoms with E-state index < -0.39 is 0 Å². The maximum Gasteiger partial charge on any atom is 0.268 e. The molecule has 5 heteroatoms. The fourth-order valence-electron chi connectivity index (χ4n) is 3.14. The largest absolute Gasteiger partial charge is 0.397 e. The molecule has 2 aliphatic carbocycles. The van der Waals surface area contributed by atoms with Crippen LogP contribution in [0, 0.1) is 0 Å². The van der Waals surface area contributed by atoms with Crippen LogP contribution in [0.2, 0.25) is 0 Å². The zero-order valence-electron chi connectivity index (χ0n) is 12.0. The number of hydrogen-bond acceptors (Lipinski definition) is 3. The van der Waals surface area contributed by atoms with Gasteiger partial charge >= 0.3 is 0 Å². The normalized spacial score (nSPS) is 21.1. The van der Waals surface area contributed by atoms with Crippen molar-refractivity contribution in [1.29, 1.82) is 0 Å². The number of amides is 1. The number of nitrogens with two attached hydrogens (primary N) is 1. The van der Waals surface area contributed by atoms with Gasteiger partial charge in [0.05, 0.1) is 5.69 Å². The van der Waals surface area contributed by atoms with E-state index in [4.69, 9.17) is 5.73 Å². The number of rotatable bonds is 5. The van der Waals surface area contributed by atoms with E-state index in [0.29, 0.717) is 11.7 Å². The first-order chi connectivity index (χ1) is 9.63. The predicted octanol–water partition coefficient (Wildman–Crippen LogP) is 2.81. The fraction of sp³-hybridized carbons (Fsp3) is 0.667. The number of carbonyl (C=O) groups excluding carboxylic acids is 1. The average molecular weight is 293 g/mol. The van der Waals surface area contributed by atoms with E-state index in [9.17, 15) is 4.79 Å². The molecule has 110 valence electrons. The van der Waals surface area contributed by atoms with E-state index in [1.165, 1.54) is 25.7 Å². The van der Waals surface area contributed by atoms with Crippen molar-refractivity contribution in [3.05, 3.63) is 18.0 Å². The summed E-state index contributed by atoms with van der Waals surface area (Å²) in [5, 5.41) is 3.13. The summed E-state index contributed by atoms with van der Waals surface area (Å²) >= 11 is 1.90.